The van der Waals surface area contributed by atoms with Crippen molar-refractivity contribution in [2.24, 2.45) is 5.11 Å². The lowest BCUT2D eigenvalue weighted by Crippen LogP contribution is -2.37. The first-order chi connectivity index (χ1) is 8.12. The van der Waals surface area contributed by atoms with Crippen molar-refractivity contribution >= 4 is 11.6 Å². The highest BCUT2D eigenvalue weighted by atomic mass is 35.5. The van der Waals surface area contributed by atoms with Crippen LogP contribution in [0.4, 0.5) is 0 Å². The van der Waals surface area contributed by atoms with Crippen molar-refractivity contribution in [3.05, 3.63) is 46.3 Å². The number of azide groups is 1. The van der Waals surface area contributed by atoms with Gasteiger partial charge in [-0.25, -0.2) is 0 Å². The second-order valence-electron chi connectivity index (χ2n) is 4.20. The van der Waals surface area contributed by atoms with Gasteiger partial charge in [0.15, 0.2) is 0 Å². The van der Waals surface area contributed by atoms with Gasteiger partial charge in [0.05, 0.1) is 12.1 Å². The Balaban J connectivity index is 2.60. The van der Waals surface area contributed by atoms with E-state index in [1.165, 1.54) is 5.56 Å². The molecule has 0 aliphatic heterocycles. The smallest absolute Gasteiger partial charge is 0.0853 e. The van der Waals surface area contributed by atoms with Crippen molar-refractivity contribution in [1.29, 1.82) is 0 Å². The van der Waals surface area contributed by atoms with Crippen LogP contribution in [0.25, 0.3) is 10.4 Å². The second-order valence-corrected chi connectivity index (χ2v) is 4.72. The summed E-state index contributed by atoms with van der Waals surface area (Å²) in [4.78, 5) is 2.74. The van der Waals surface area contributed by atoms with Crippen molar-refractivity contribution in [3.63, 3.8) is 0 Å². The Hall–Kier alpha value is -1.22. The maximum absolute atomic E-state index is 9.23. The van der Waals surface area contributed by atoms with E-state index in [1.54, 1.807) is 6.92 Å². The zero-order valence-corrected chi connectivity index (χ0v) is 10.5. The summed E-state index contributed by atoms with van der Waals surface area (Å²) in [7, 11) is 0. The summed E-state index contributed by atoms with van der Waals surface area (Å²) >= 11 is 6.19. The van der Waals surface area contributed by atoms with Gasteiger partial charge in [0, 0.05) is 10.3 Å². The Kier molecular flexibility index (Phi) is 5.29. The summed E-state index contributed by atoms with van der Waals surface area (Å²) in [5.41, 5.74) is 8.70. The van der Waals surface area contributed by atoms with Gasteiger partial charge in [-0.1, -0.05) is 42.4 Å². The minimum atomic E-state index is -0.939. The third kappa shape index (κ3) is 3.93. The zero-order chi connectivity index (χ0) is 12.7. The van der Waals surface area contributed by atoms with Crippen LogP contribution in [0.15, 0.2) is 35.4 Å². The SMILES string of the molecule is C[C@@](CO)(N=[N+]=[N-])[C@H](Cl)CCc1ccccc1. The van der Waals surface area contributed by atoms with Gasteiger partial charge in [0.2, 0.25) is 0 Å². The molecule has 1 N–H and O–H groups in total. The van der Waals surface area contributed by atoms with Gasteiger partial charge in [-0.3, -0.25) is 0 Å². The lowest BCUT2D eigenvalue weighted by Gasteiger charge is -2.26. The van der Waals surface area contributed by atoms with E-state index in [1.807, 2.05) is 30.3 Å². The van der Waals surface area contributed by atoms with Crippen LogP contribution in [0.2, 0.25) is 0 Å². The highest BCUT2D eigenvalue weighted by molar-refractivity contribution is 6.21. The molecule has 0 fully saturated rings. The maximum atomic E-state index is 9.23. The number of aliphatic hydroxyl groups is 1. The lowest BCUT2D eigenvalue weighted by atomic mass is 9.94. The van der Waals surface area contributed by atoms with E-state index in [9.17, 15) is 5.11 Å². The van der Waals surface area contributed by atoms with Crippen LogP contribution >= 0.6 is 11.6 Å². The number of hydrogen-bond donors (Lipinski definition) is 1. The molecule has 0 spiro atoms. The monoisotopic (exact) mass is 253 g/mol. The molecule has 1 aromatic rings. The first-order valence-electron chi connectivity index (χ1n) is 5.47. The minimum Gasteiger partial charge on any atom is -0.396 e. The molecule has 0 saturated heterocycles. The Morgan fingerprint density at radius 1 is 1.47 bits per heavy atom. The van der Waals surface area contributed by atoms with E-state index in [0.29, 0.717) is 6.42 Å². The molecule has 0 aromatic heterocycles. The van der Waals surface area contributed by atoms with Crippen LogP contribution in [0.5, 0.6) is 0 Å². The normalized spacial score (nSPS) is 15.7. The number of aryl methyl sites for hydroxylation is 1. The van der Waals surface area contributed by atoms with Crippen LogP contribution in [0.3, 0.4) is 0 Å². The van der Waals surface area contributed by atoms with E-state index in [-0.39, 0.29) is 12.0 Å². The predicted octanol–water partition coefficient (Wildman–Crippen LogP) is 3.29. The molecule has 17 heavy (non-hydrogen) atoms. The zero-order valence-electron chi connectivity index (χ0n) is 9.75. The fourth-order valence-electron chi connectivity index (χ4n) is 1.54. The summed E-state index contributed by atoms with van der Waals surface area (Å²) in [5.74, 6) is 0. The Morgan fingerprint density at radius 3 is 2.65 bits per heavy atom. The molecule has 1 rings (SSSR count). The Labute approximate surface area is 106 Å². The van der Waals surface area contributed by atoms with Crippen molar-refractivity contribution in [2.45, 2.75) is 30.7 Å². The molecule has 92 valence electrons. The maximum Gasteiger partial charge on any atom is 0.0853 e. The van der Waals surface area contributed by atoms with E-state index in [0.717, 1.165) is 6.42 Å². The number of rotatable bonds is 6. The topological polar surface area (TPSA) is 69.0 Å². The quantitative estimate of drug-likeness (QED) is 0.359. The average molecular weight is 254 g/mol. The number of aliphatic hydroxyl groups excluding tert-OH is 1. The number of halogens is 1. The fourth-order valence-corrected chi connectivity index (χ4v) is 1.77. The molecule has 0 radical (unpaired) electrons. The van der Waals surface area contributed by atoms with Crippen LogP contribution in [-0.2, 0) is 6.42 Å². The third-order valence-corrected chi connectivity index (χ3v) is 3.49. The summed E-state index contributed by atoms with van der Waals surface area (Å²) in [5, 5.41) is 12.4. The lowest BCUT2D eigenvalue weighted by molar-refractivity contribution is 0.201. The summed E-state index contributed by atoms with van der Waals surface area (Å²) in [6.45, 7) is 1.41. The molecule has 0 aliphatic carbocycles. The minimum absolute atomic E-state index is 0.250. The summed E-state index contributed by atoms with van der Waals surface area (Å²) in [6, 6.07) is 9.94. The van der Waals surface area contributed by atoms with E-state index in [2.05, 4.69) is 10.0 Å². The summed E-state index contributed by atoms with van der Waals surface area (Å²) < 4.78 is 0. The first-order valence-corrected chi connectivity index (χ1v) is 5.91. The second kappa shape index (κ2) is 6.50. The predicted molar refractivity (Wildman–Crippen MR) is 69.0 cm³/mol. The van der Waals surface area contributed by atoms with Crippen molar-refractivity contribution < 1.29 is 5.11 Å². The molecule has 5 heteroatoms. The van der Waals surface area contributed by atoms with Crippen LogP contribution < -0.4 is 0 Å². The molecular formula is C12H16ClN3O. The molecule has 1 aromatic carbocycles. The molecule has 0 amide bonds. The Bertz CT molecular complexity index is 392. The molecule has 0 heterocycles. The van der Waals surface area contributed by atoms with Gasteiger partial charge in [-0.2, -0.15) is 0 Å². The van der Waals surface area contributed by atoms with E-state index < -0.39 is 5.54 Å². The van der Waals surface area contributed by atoms with Gasteiger partial charge in [0.25, 0.3) is 0 Å². The van der Waals surface area contributed by atoms with Crippen LogP contribution in [0.1, 0.15) is 18.9 Å². The molecule has 4 nitrogen and oxygen atoms in total. The molecule has 0 unspecified atom stereocenters. The largest absolute Gasteiger partial charge is 0.396 e. The number of alkyl halides is 1. The molecular weight excluding hydrogens is 238 g/mol. The van der Waals surface area contributed by atoms with Gasteiger partial charge >= 0.3 is 0 Å². The van der Waals surface area contributed by atoms with Crippen molar-refractivity contribution in [3.8, 4) is 0 Å². The fraction of sp³-hybridized carbons (Fsp3) is 0.500. The van der Waals surface area contributed by atoms with Crippen molar-refractivity contribution in [1.82, 2.24) is 0 Å². The van der Waals surface area contributed by atoms with Crippen molar-refractivity contribution in [2.75, 3.05) is 6.61 Å². The third-order valence-electron chi connectivity index (χ3n) is 2.80. The van der Waals surface area contributed by atoms with Crippen LogP contribution in [-0.4, -0.2) is 22.6 Å². The highest BCUT2D eigenvalue weighted by Gasteiger charge is 2.31. The molecule has 0 saturated carbocycles. The van der Waals surface area contributed by atoms with E-state index >= 15 is 0 Å². The number of hydrogen-bond acceptors (Lipinski definition) is 2. The molecule has 0 aliphatic rings. The molecule has 0 bridgehead atoms. The van der Waals surface area contributed by atoms with E-state index in [4.69, 9.17) is 17.1 Å². The van der Waals surface area contributed by atoms with Gasteiger partial charge in [-0.05, 0) is 23.9 Å². The first kappa shape index (κ1) is 13.8. The van der Waals surface area contributed by atoms with Gasteiger partial charge in [0.1, 0.15) is 0 Å². The number of nitrogens with zero attached hydrogens (tertiary/aromatic N) is 3. The number of benzene rings is 1. The Morgan fingerprint density at radius 2 is 2.12 bits per heavy atom. The standard InChI is InChI=1S/C12H16ClN3O/c1-12(9-17,15-16-14)11(13)8-7-10-5-3-2-4-6-10/h2-6,11,17H,7-9H2,1H3/t11-,12+/m1/s1. The van der Waals surface area contributed by atoms with Crippen LogP contribution in [0, 0.1) is 0 Å². The van der Waals surface area contributed by atoms with Gasteiger partial charge in [-0.15, -0.1) is 11.6 Å². The average Bonchev–Trinajstić information content (AvgIpc) is 2.37. The summed E-state index contributed by atoms with van der Waals surface area (Å²) in [6.07, 6.45) is 1.45. The van der Waals surface area contributed by atoms with Gasteiger partial charge < -0.3 is 5.11 Å². The molecule has 2 atom stereocenters. The highest BCUT2D eigenvalue weighted by Crippen LogP contribution is 2.25.